The van der Waals surface area contributed by atoms with E-state index in [0.717, 1.165) is 37.5 Å². The van der Waals surface area contributed by atoms with Gasteiger partial charge < -0.3 is 19.5 Å². The van der Waals surface area contributed by atoms with Crippen LogP contribution in [-0.4, -0.2) is 33.5 Å². The molecule has 1 heterocycles. The van der Waals surface area contributed by atoms with E-state index in [1.807, 2.05) is 6.07 Å². The second kappa shape index (κ2) is 7.50. The standard InChI is InChI=1S/C16H25NO3/c1-4-14(17-11-13-6-5-9-20-13)12-7-8-15(18-2)16(10-12)19-3/h7-8,10,13-14,17H,4-6,9,11H2,1-3H3. The average molecular weight is 279 g/mol. The second-order valence-corrected chi connectivity index (χ2v) is 5.12. The molecule has 0 radical (unpaired) electrons. The minimum Gasteiger partial charge on any atom is -0.493 e. The van der Waals surface area contributed by atoms with Crippen molar-refractivity contribution in [2.75, 3.05) is 27.4 Å². The predicted octanol–water partition coefficient (Wildman–Crippen LogP) is 2.92. The summed E-state index contributed by atoms with van der Waals surface area (Å²) >= 11 is 0. The van der Waals surface area contributed by atoms with Gasteiger partial charge in [0.25, 0.3) is 0 Å². The Morgan fingerprint density at radius 2 is 2.10 bits per heavy atom. The third-order valence-corrected chi connectivity index (χ3v) is 3.83. The summed E-state index contributed by atoms with van der Waals surface area (Å²) in [6.45, 7) is 4.00. The van der Waals surface area contributed by atoms with Crippen LogP contribution < -0.4 is 14.8 Å². The van der Waals surface area contributed by atoms with E-state index >= 15 is 0 Å². The fourth-order valence-electron chi connectivity index (χ4n) is 2.65. The fourth-order valence-corrected chi connectivity index (χ4v) is 2.65. The van der Waals surface area contributed by atoms with E-state index in [0.29, 0.717) is 12.1 Å². The van der Waals surface area contributed by atoms with Gasteiger partial charge in [0.15, 0.2) is 11.5 Å². The molecule has 1 N–H and O–H groups in total. The van der Waals surface area contributed by atoms with Gasteiger partial charge in [0.1, 0.15) is 0 Å². The van der Waals surface area contributed by atoms with E-state index in [1.165, 1.54) is 12.0 Å². The summed E-state index contributed by atoms with van der Waals surface area (Å²) in [4.78, 5) is 0. The van der Waals surface area contributed by atoms with Crippen LogP contribution in [0, 0.1) is 0 Å². The van der Waals surface area contributed by atoms with E-state index in [4.69, 9.17) is 14.2 Å². The van der Waals surface area contributed by atoms with Crippen molar-refractivity contribution in [3.05, 3.63) is 23.8 Å². The molecule has 1 aromatic carbocycles. The van der Waals surface area contributed by atoms with Crippen molar-refractivity contribution in [2.24, 2.45) is 0 Å². The number of hydrogen-bond acceptors (Lipinski definition) is 4. The molecule has 0 amide bonds. The molecule has 1 saturated heterocycles. The van der Waals surface area contributed by atoms with Crippen LogP contribution in [0.4, 0.5) is 0 Å². The zero-order chi connectivity index (χ0) is 14.4. The molecule has 1 aromatic rings. The third kappa shape index (κ3) is 3.64. The van der Waals surface area contributed by atoms with E-state index in [-0.39, 0.29) is 0 Å². The monoisotopic (exact) mass is 279 g/mol. The Balaban J connectivity index is 2.02. The maximum Gasteiger partial charge on any atom is 0.161 e. The normalized spacial score (nSPS) is 19.9. The quantitative estimate of drug-likeness (QED) is 0.833. The highest BCUT2D eigenvalue weighted by atomic mass is 16.5. The molecular weight excluding hydrogens is 254 g/mol. The number of methoxy groups -OCH3 is 2. The van der Waals surface area contributed by atoms with Crippen molar-refractivity contribution in [3.8, 4) is 11.5 Å². The van der Waals surface area contributed by atoms with Crippen LogP contribution in [0.1, 0.15) is 37.8 Å². The summed E-state index contributed by atoms with van der Waals surface area (Å²) < 4.78 is 16.3. The Bertz CT molecular complexity index is 416. The molecule has 0 spiro atoms. The Hall–Kier alpha value is -1.26. The molecule has 20 heavy (non-hydrogen) atoms. The van der Waals surface area contributed by atoms with Gasteiger partial charge in [-0.25, -0.2) is 0 Å². The number of nitrogens with one attached hydrogen (secondary N) is 1. The molecule has 2 atom stereocenters. The zero-order valence-electron chi connectivity index (χ0n) is 12.6. The summed E-state index contributed by atoms with van der Waals surface area (Å²) in [6, 6.07) is 6.43. The summed E-state index contributed by atoms with van der Waals surface area (Å²) in [6.07, 6.45) is 3.74. The van der Waals surface area contributed by atoms with Gasteiger partial charge in [-0.3, -0.25) is 0 Å². The molecule has 2 unspecified atom stereocenters. The smallest absolute Gasteiger partial charge is 0.161 e. The number of hydrogen-bond donors (Lipinski definition) is 1. The molecule has 1 aliphatic heterocycles. The lowest BCUT2D eigenvalue weighted by atomic mass is 10.0. The minimum atomic E-state index is 0.319. The van der Waals surface area contributed by atoms with Crippen molar-refractivity contribution in [2.45, 2.75) is 38.3 Å². The van der Waals surface area contributed by atoms with Gasteiger partial charge in [-0.1, -0.05) is 13.0 Å². The van der Waals surface area contributed by atoms with Crippen LogP contribution in [0.25, 0.3) is 0 Å². The SMILES string of the molecule is CCC(NCC1CCCO1)c1ccc(OC)c(OC)c1. The van der Waals surface area contributed by atoms with Gasteiger partial charge in [0, 0.05) is 19.2 Å². The van der Waals surface area contributed by atoms with E-state index < -0.39 is 0 Å². The lowest BCUT2D eigenvalue weighted by molar-refractivity contribution is 0.107. The lowest BCUT2D eigenvalue weighted by Gasteiger charge is -2.21. The first-order chi connectivity index (χ1) is 9.78. The van der Waals surface area contributed by atoms with E-state index in [9.17, 15) is 0 Å². The van der Waals surface area contributed by atoms with E-state index in [1.54, 1.807) is 14.2 Å². The molecule has 112 valence electrons. The Morgan fingerprint density at radius 3 is 2.70 bits per heavy atom. The highest BCUT2D eigenvalue weighted by Crippen LogP contribution is 2.30. The van der Waals surface area contributed by atoms with Crippen LogP contribution >= 0.6 is 0 Å². The number of benzene rings is 1. The largest absolute Gasteiger partial charge is 0.493 e. The molecule has 4 heteroatoms. The number of rotatable bonds is 7. The molecule has 1 fully saturated rings. The zero-order valence-corrected chi connectivity index (χ0v) is 12.6. The highest BCUT2D eigenvalue weighted by Gasteiger charge is 2.18. The number of ether oxygens (including phenoxy) is 3. The van der Waals surface area contributed by atoms with Gasteiger partial charge in [0.2, 0.25) is 0 Å². The predicted molar refractivity (Wildman–Crippen MR) is 79.6 cm³/mol. The van der Waals surface area contributed by atoms with Crippen molar-refractivity contribution >= 4 is 0 Å². The Morgan fingerprint density at radius 1 is 1.30 bits per heavy atom. The molecule has 2 rings (SSSR count). The van der Waals surface area contributed by atoms with Crippen molar-refractivity contribution in [3.63, 3.8) is 0 Å². The van der Waals surface area contributed by atoms with Gasteiger partial charge in [-0.05, 0) is 37.0 Å². The van der Waals surface area contributed by atoms with Gasteiger partial charge in [-0.2, -0.15) is 0 Å². The van der Waals surface area contributed by atoms with Crippen molar-refractivity contribution < 1.29 is 14.2 Å². The van der Waals surface area contributed by atoms with Crippen LogP contribution in [0.5, 0.6) is 11.5 Å². The fraction of sp³-hybridized carbons (Fsp3) is 0.625. The van der Waals surface area contributed by atoms with Crippen molar-refractivity contribution in [1.82, 2.24) is 5.32 Å². The molecule has 0 bridgehead atoms. The molecule has 0 aromatic heterocycles. The van der Waals surface area contributed by atoms with Gasteiger partial charge >= 0.3 is 0 Å². The summed E-state index contributed by atoms with van der Waals surface area (Å²) in [7, 11) is 3.33. The maximum absolute atomic E-state index is 5.66. The van der Waals surface area contributed by atoms with Crippen LogP contribution in [0.2, 0.25) is 0 Å². The highest BCUT2D eigenvalue weighted by molar-refractivity contribution is 5.43. The van der Waals surface area contributed by atoms with Crippen LogP contribution in [-0.2, 0) is 4.74 Å². The van der Waals surface area contributed by atoms with Gasteiger partial charge in [0.05, 0.1) is 20.3 Å². The van der Waals surface area contributed by atoms with Crippen molar-refractivity contribution in [1.29, 1.82) is 0 Å². The first kappa shape index (κ1) is 15.1. The minimum absolute atomic E-state index is 0.319. The molecule has 1 aliphatic rings. The van der Waals surface area contributed by atoms with Gasteiger partial charge in [-0.15, -0.1) is 0 Å². The van der Waals surface area contributed by atoms with Crippen LogP contribution in [0.15, 0.2) is 18.2 Å². The molecule has 4 nitrogen and oxygen atoms in total. The summed E-state index contributed by atoms with van der Waals surface area (Å²) in [5.41, 5.74) is 1.23. The first-order valence-electron chi connectivity index (χ1n) is 7.35. The Labute approximate surface area is 121 Å². The molecule has 0 aliphatic carbocycles. The van der Waals surface area contributed by atoms with Crippen LogP contribution in [0.3, 0.4) is 0 Å². The third-order valence-electron chi connectivity index (χ3n) is 3.83. The summed E-state index contributed by atoms with van der Waals surface area (Å²) in [5, 5.41) is 3.60. The average Bonchev–Trinajstić information content (AvgIpc) is 3.01. The molecular formula is C16H25NO3. The maximum atomic E-state index is 5.66. The first-order valence-corrected chi connectivity index (χ1v) is 7.35. The Kier molecular flexibility index (Phi) is 5.68. The molecule has 0 saturated carbocycles. The lowest BCUT2D eigenvalue weighted by Crippen LogP contribution is -2.29. The second-order valence-electron chi connectivity index (χ2n) is 5.12. The summed E-state index contributed by atoms with van der Waals surface area (Å²) in [5.74, 6) is 1.55. The topological polar surface area (TPSA) is 39.7 Å². The van der Waals surface area contributed by atoms with E-state index in [2.05, 4.69) is 24.4 Å².